The number of benzene rings is 2. The fourth-order valence-corrected chi connectivity index (χ4v) is 6.84. The molecule has 1 saturated heterocycles. The zero-order chi connectivity index (χ0) is 26.2. The molecule has 1 unspecified atom stereocenters. The van der Waals surface area contributed by atoms with Crippen LogP contribution in [0, 0.1) is 0 Å². The van der Waals surface area contributed by atoms with E-state index in [-0.39, 0.29) is 16.8 Å². The Hall–Kier alpha value is -2.68. The monoisotopic (exact) mass is 523 g/mol. The maximum absolute atomic E-state index is 13.3. The molecule has 2 aromatic carbocycles. The fourth-order valence-electron chi connectivity index (χ4n) is 5.39. The minimum atomic E-state index is -3.60. The number of hydrogen-bond acceptors (Lipinski definition) is 5. The second-order valence-corrected chi connectivity index (χ2v) is 12.3. The number of sulfonamides is 1. The molecule has 2 heterocycles. The SMILES string of the molecule is CCN(CC)C(=O)c1ccc(C2=CC3(CCCNCC3)Oc3ccc(S(=O)(=O)N(C)C4CC4)cc32)cc1. The summed E-state index contributed by atoms with van der Waals surface area (Å²) in [6, 6.07) is 13.0. The Morgan fingerprint density at radius 2 is 1.78 bits per heavy atom. The summed E-state index contributed by atoms with van der Waals surface area (Å²) in [4.78, 5) is 14.9. The van der Waals surface area contributed by atoms with E-state index in [4.69, 9.17) is 4.74 Å². The Morgan fingerprint density at radius 3 is 2.46 bits per heavy atom. The number of fused-ring (bicyclic) bond motifs is 1. The van der Waals surface area contributed by atoms with Gasteiger partial charge in [0.05, 0.1) is 4.90 Å². The first-order chi connectivity index (χ1) is 17.8. The number of rotatable bonds is 7. The van der Waals surface area contributed by atoms with Gasteiger partial charge in [-0.3, -0.25) is 4.79 Å². The highest BCUT2D eigenvalue weighted by molar-refractivity contribution is 7.89. The number of ether oxygens (including phenoxy) is 1. The van der Waals surface area contributed by atoms with Crippen LogP contribution in [0.5, 0.6) is 5.75 Å². The van der Waals surface area contributed by atoms with E-state index in [9.17, 15) is 13.2 Å². The van der Waals surface area contributed by atoms with Gasteiger partial charge in [0, 0.05) is 43.7 Å². The maximum Gasteiger partial charge on any atom is 0.253 e. The molecule has 1 N–H and O–H groups in total. The number of amides is 1. The topological polar surface area (TPSA) is 79.0 Å². The van der Waals surface area contributed by atoms with E-state index >= 15 is 0 Å². The third-order valence-corrected chi connectivity index (χ3v) is 9.78. The minimum absolute atomic E-state index is 0.0145. The zero-order valence-corrected chi connectivity index (χ0v) is 22.8. The average molecular weight is 524 g/mol. The molecular formula is C29H37N3O4S. The van der Waals surface area contributed by atoms with E-state index in [2.05, 4.69) is 11.4 Å². The molecule has 1 saturated carbocycles. The smallest absolute Gasteiger partial charge is 0.253 e. The number of hydrogen-bond donors (Lipinski definition) is 1. The molecule has 7 nitrogen and oxygen atoms in total. The highest BCUT2D eigenvalue weighted by atomic mass is 32.2. The van der Waals surface area contributed by atoms with Crippen LogP contribution < -0.4 is 10.1 Å². The molecule has 37 heavy (non-hydrogen) atoms. The summed E-state index contributed by atoms with van der Waals surface area (Å²) in [6.07, 6.45) is 6.71. The number of carbonyl (C=O) groups is 1. The van der Waals surface area contributed by atoms with Gasteiger partial charge in [0.1, 0.15) is 11.4 Å². The van der Waals surface area contributed by atoms with Crippen LogP contribution in [0.2, 0.25) is 0 Å². The van der Waals surface area contributed by atoms with Crippen molar-refractivity contribution in [2.24, 2.45) is 0 Å². The van der Waals surface area contributed by atoms with E-state index in [0.29, 0.717) is 24.4 Å². The van der Waals surface area contributed by atoms with E-state index in [1.54, 1.807) is 24.1 Å². The molecule has 0 radical (unpaired) electrons. The lowest BCUT2D eigenvalue weighted by Gasteiger charge is -2.37. The van der Waals surface area contributed by atoms with Gasteiger partial charge in [0.15, 0.2) is 0 Å². The van der Waals surface area contributed by atoms with Crippen molar-refractivity contribution < 1.29 is 17.9 Å². The summed E-state index contributed by atoms with van der Waals surface area (Å²) < 4.78 is 34.8. The van der Waals surface area contributed by atoms with Gasteiger partial charge in [0.2, 0.25) is 10.0 Å². The van der Waals surface area contributed by atoms with Crippen LogP contribution in [0.1, 0.15) is 67.4 Å². The summed E-state index contributed by atoms with van der Waals surface area (Å²) in [6.45, 7) is 7.09. The third kappa shape index (κ3) is 5.07. The molecule has 3 aliphatic rings. The van der Waals surface area contributed by atoms with E-state index in [1.165, 1.54) is 4.31 Å². The largest absolute Gasteiger partial charge is 0.482 e. The maximum atomic E-state index is 13.3. The molecule has 1 spiro atoms. The zero-order valence-electron chi connectivity index (χ0n) is 22.0. The predicted octanol–water partition coefficient (Wildman–Crippen LogP) is 4.29. The highest BCUT2D eigenvalue weighted by Crippen LogP contribution is 2.44. The van der Waals surface area contributed by atoms with Gasteiger partial charge in [-0.2, -0.15) is 4.31 Å². The quantitative estimate of drug-likeness (QED) is 0.586. The first-order valence-corrected chi connectivity index (χ1v) is 14.9. The van der Waals surface area contributed by atoms with Crippen LogP contribution in [-0.4, -0.2) is 68.4 Å². The van der Waals surface area contributed by atoms with E-state index in [1.807, 2.05) is 44.2 Å². The van der Waals surface area contributed by atoms with Crippen molar-refractivity contribution in [1.29, 1.82) is 0 Å². The average Bonchev–Trinajstić information content (AvgIpc) is 3.77. The summed E-state index contributed by atoms with van der Waals surface area (Å²) in [5.41, 5.74) is 2.87. The lowest BCUT2D eigenvalue weighted by atomic mass is 9.84. The molecule has 0 bridgehead atoms. The van der Waals surface area contributed by atoms with Gasteiger partial charge in [-0.15, -0.1) is 0 Å². The molecule has 1 aliphatic carbocycles. The lowest BCUT2D eigenvalue weighted by Crippen LogP contribution is -2.37. The van der Waals surface area contributed by atoms with Crippen molar-refractivity contribution in [3.8, 4) is 5.75 Å². The molecule has 2 aliphatic heterocycles. The number of nitrogens with one attached hydrogen (secondary N) is 1. The molecule has 8 heteroatoms. The van der Waals surface area contributed by atoms with Gasteiger partial charge in [-0.25, -0.2) is 8.42 Å². The Bertz CT molecular complexity index is 1290. The first kappa shape index (κ1) is 25.9. The third-order valence-electron chi connectivity index (χ3n) is 7.87. The highest BCUT2D eigenvalue weighted by Gasteiger charge is 2.39. The van der Waals surface area contributed by atoms with Crippen LogP contribution in [0.15, 0.2) is 53.4 Å². The Morgan fingerprint density at radius 1 is 1.05 bits per heavy atom. The van der Waals surface area contributed by atoms with Crippen molar-refractivity contribution in [2.75, 3.05) is 33.2 Å². The van der Waals surface area contributed by atoms with E-state index in [0.717, 1.165) is 61.9 Å². The minimum Gasteiger partial charge on any atom is -0.482 e. The second kappa shape index (κ2) is 10.2. The number of nitrogens with zero attached hydrogens (tertiary/aromatic N) is 2. The molecule has 0 aromatic heterocycles. The van der Waals surface area contributed by atoms with Crippen LogP contribution >= 0.6 is 0 Å². The van der Waals surface area contributed by atoms with Gasteiger partial charge >= 0.3 is 0 Å². The summed E-state index contributed by atoms with van der Waals surface area (Å²) in [5, 5.41) is 3.46. The molecule has 5 rings (SSSR count). The molecule has 2 aromatic rings. The molecule has 2 fully saturated rings. The lowest BCUT2D eigenvalue weighted by molar-refractivity contribution is 0.0773. The van der Waals surface area contributed by atoms with Crippen LogP contribution in [0.25, 0.3) is 5.57 Å². The van der Waals surface area contributed by atoms with Crippen molar-refractivity contribution in [3.63, 3.8) is 0 Å². The van der Waals surface area contributed by atoms with Crippen LogP contribution in [0.3, 0.4) is 0 Å². The normalized spacial score (nSPS) is 21.7. The summed E-state index contributed by atoms with van der Waals surface area (Å²) >= 11 is 0. The first-order valence-electron chi connectivity index (χ1n) is 13.4. The molecule has 198 valence electrons. The summed E-state index contributed by atoms with van der Waals surface area (Å²) in [5.74, 6) is 0.719. The fraction of sp³-hybridized carbons (Fsp3) is 0.483. The van der Waals surface area contributed by atoms with Crippen LogP contribution in [0.4, 0.5) is 0 Å². The Balaban J connectivity index is 1.57. The predicted molar refractivity (Wildman–Crippen MR) is 145 cm³/mol. The van der Waals surface area contributed by atoms with Gasteiger partial charge in [-0.05, 0) is 100 Å². The van der Waals surface area contributed by atoms with E-state index < -0.39 is 15.6 Å². The Kier molecular flexibility index (Phi) is 7.18. The van der Waals surface area contributed by atoms with Crippen molar-refractivity contribution in [2.45, 2.75) is 62.5 Å². The Labute approximate surface area is 220 Å². The summed E-state index contributed by atoms with van der Waals surface area (Å²) in [7, 11) is -1.93. The van der Waals surface area contributed by atoms with Gasteiger partial charge in [-0.1, -0.05) is 12.1 Å². The number of carbonyl (C=O) groups excluding carboxylic acids is 1. The van der Waals surface area contributed by atoms with Crippen molar-refractivity contribution >= 4 is 21.5 Å². The van der Waals surface area contributed by atoms with Crippen molar-refractivity contribution in [1.82, 2.24) is 14.5 Å². The van der Waals surface area contributed by atoms with Crippen LogP contribution in [-0.2, 0) is 10.0 Å². The molecular weight excluding hydrogens is 486 g/mol. The molecule has 1 amide bonds. The standard InChI is InChI=1S/C29H37N3O4S/c1-4-32(5-2)28(33)22-9-7-21(8-10-22)26-20-29(15-6-17-30-18-16-29)36-27-14-13-24(19-25(26)27)37(34,35)31(3)23-11-12-23/h7-10,13-14,19-20,23,30H,4-6,11-12,15-18H2,1-3H3. The van der Waals surface area contributed by atoms with Gasteiger partial charge in [0.25, 0.3) is 5.91 Å². The van der Waals surface area contributed by atoms with Gasteiger partial charge < -0.3 is 15.0 Å². The van der Waals surface area contributed by atoms with Crippen molar-refractivity contribution in [3.05, 3.63) is 65.2 Å². The second-order valence-electron chi connectivity index (χ2n) is 10.3. The molecule has 1 atom stereocenters.